The van der Waals surface area contributed by atoms with E-state index in [2.05, 4.69) is 5.32 Å². The van der Waals surface area contributed by atoms with Gasteiger partial charge in [0.15, 0.2) is 0 Å². The van der Waals surface area contributed by atoms with E-state index in [4.69, 9.17) is 10.5 Å². The van der Waals surface area contributed by atoms with Crippen molar-refractivity contribution >= 4 is 11.6 Å². The van der Waals surface area contributed by atoms with Gasteiger partial charge in [-0.2, -0.15) is 0 Å². The van der Waals surface area contributed by atoms with Crippen molar-refractivity contribution in [3.63, 3.8) is 0 Å². The summed E-state index contributed by atoms with van der Waals surface area (Å²) in [5.74, 6) is -0.0462. The smallest absolute Gasteiger partial charge is 0.249 e. The van der Waals surface area contributed by atoms with Crippen molar-refractivity contribution < 1.29 is 9.53 Å². The average molecular weight is 248 g/mol. The Labute approximate surface area is 108 Å². The second-order valence-corrected chi connectivity index (χ2v) is 4.87. The SMILES string of the molecule is CC1CCC(C(=O)NC(C)c2ccccc2N)O1. The molecule has 98 valence electrons. The minimum absolute atomic E-state index is 0.0462. The minimum atomic E-state index is -0.313. The Bertz CT molecular complexity index is 434. The van der Waals surface area contributed by atoms with Gasteiger partial charge in [-0.3, -0.25) is 4.79 Å². The molecular weight excluding hydrogens is 228 g/mol. The van der Waals surface area contributed by atoms with Crippen LogP contribution in [0, 0.1) is 0 Å². The van der Waals surface area contributed by atoms with Gasteiger partial charge in [0.05, 0.1) is 12.1 Å². The molecule has 3 unspecified atom stereocenters. The highest BCUT2D eigenvalue weighted by Gasteiger charge is 2.29. The lowest BCUT2D eigenvalue weighted by molar-refractivity contribution is -0.132. The van der Waals surface area contributed by atoms with Gasteiger partial charge in [0.25, 0.3) is 0 Å². The molecule has 18 heavy (non-hydrogen) atoms. The van der Waals surface area contributed by atoms with Gasteiger partial charge in [-0.1, -0.05) is 18.2 Å². The lowest BCUT2D eigenvalue weighted by Gasteiger charge is -2.18. The number of ether oxygens (including phenoxy) is 1. The number of hydrogen-bond donors (Lipinski definition) is 2. The summed E-state index contributed by atoms with van der Waals surface area (Å²) in [5, 5.41) is 2.96. The molecule has 0 saturated carbocycles. The molecule has 4 nitrogen and oxygen atoms in total. The number of rotatable bonds is 3. The predicted octanol–water partition coefficient (Wildman–Crippen LogP) is 2.01. The molecule has 0 radical (unpaired) electrons. The van der Waals surface area contributed by atoms with E-state index in [-0.39, 0.29) is 24.2 Å². The van der Waals surface area contributed by atoms with E-state index < -0.39 is 0 Å². The van der Waals surface area contributed by atoms with E-state index in [1.54, 1.807) is 0 Å². The number of nitrogen functional groups attached to an aromatic ring is 1. The summed E-state index contributed by atoms with van der Waals surface area (Å²) in [6, 6.07) is 7.47. The van der Waals surface area contributed by atoms with Gasteiger partial charge in [-0.05, 0) is 38.3 Å². The largest absolute Gasteiger partial charge is 0.398 e. The second-order valence-electron chi connectivity index (χ2n) is 4.87. The Morgan fingerprint density at radius 2 is 2.17 bits per heavy atom. The maximum absolute atomic E-state index is 12.0. The molecule has 1 fully saturated rings. The fourth-order valence-corrected chi connectivity index (χ4v) is 2.28. The first kappa shape index (κ1) is 12.9. The third kappa shape index (κ3) is 2.82. The maximum Gasteiger partial charge on any atom is 0.249 e. The molecule has 1 aliphatic heterocycles. The van der Waals surface area contributed by atoms with E-state index in [0.29, 0.717) is 5.69 Å². The summed E-state index contributed by atoms with van der Waals surface area (Å²) in [5.41, 5.74) is 7.53. The van der Waals surface area contributed by atoms with Crippen LogP contribution in [0.3, 0.4) is 0 Å². The minimum Gasteiger partial charge on any atom is -0.398 e. The van der Waals surface area contributed by atoms with Crippen LogP contribution in [0.1, 0.15) is 38.3 Å². The Morgan fingerprint density at radius 1 is 1.44 bits per heavy atom. The standard InChI is InChI=1S/C14H20N2O2/c1-9-7-8-13(18-9)14(17)16-10(2)11-5-3-4-6-12(11)15/h3-6,9-10,13H,7-8,15H2,1-2H3,(H,16,17). The van der Waals surface area contributed by atoms with Crippen LogP contribution in [0.15, 0.2) is 24.3 Å². The van der Waals surface area contributed by atoms with Crippen molar-refractivity contribution in [1.29, 1.82) is 0 Å². The Kier molecular flexibility index (Phi) is 3.87. The Morgan fingerprint density at radius 3 is 2.78 bits per heavy atom. The summed E-state index contributed by atoms with van der Waals surface area (Å²) in [4.78, 5) is 12.0. The average Bonchev–Trinajstić information content (AvgIpc) is 2.76. The molecular formula is C14H20N2O2. The van der Waals surface area contributed by atoms with Crippen LogP contribution >= 0.6 is 0 Å². The number of nitrogens with two attached hydrogens (primary N) is 1. The molecule has 0 spiro atoms. The maximum atomic E-state index is 12.0. The van der Waals surface area contributed by atoms with Gasteiger partial charge in [0.2, 0.25) is 5.91 Å². The molecule has 0 bridgehead atoms. The normalized spacial score (nSPS) is 24.8. The molecule has 3 atom stereocenters. The van der Waals surface area contributed by atoms with Crippen LogP contribution in [-0.4, -0.2) is 18.1 Å². The van der Waals surface area contributed by atoms with E-state index in [9.17, 15) is 4.79 Å². The van der Waals surface area contributed by atoms with Crippen LogP contribution in [0.25, 0.3) is 0 Å². The molecule has 2 rings (SSSR count). The van der Waals surface area contributed by atoms with E-state index >= 15 is 0 Å². The zero-order valence-corrected chi connectivity index (χ0v) is 10.8. The number of carbonyl (C=O) groups excluding carboxylic acids is 1. The lowest BCUT2D eigenvalue weighted by Crippen LogP contribution is -2.36. The number of anilines is 1. The molecule has 1 amide bonds. The quantitative estimate of drug-likeness (QED) is 0.804. The Hall–Kier alpha value is -1.55. The van der Waals surface area contributed by atoms with Crippen molar-refractivity contribution in [3.05, 3.63) is 29.8 Å². The summed E-state index contributed by atoms with van der Waals surface area (Å²) in [7, 11) is 0. The van der Waals surface area contributed by atoms with Gasteiger partial charge in [0, 0.05) is 5.69 Å². The van der Waals surface area contributed by atoms with Gasteiger partial charge in [0.1, 0.15) is 6.10 Å². The molecule has 1 heterocycles. The highest BCUT2D eigenvalue weighted by atomic mass is 16.5. The van der Waals surface area contributed by atoms with Crippen molar-refractivity contribution in [1.82, 2.24) is 5.32 Å². The fourth-order valence-electron chi connectivity index (χ4n) is 2.28. The van der Waals surface area contributed by atoms with Crippen LogP contribution in [0.4, 0.5) is 5.69 Å². The summed E-state index contributed by atoms with van der Waals surface area (Å²) < 4.78 is 5.55. The second kappa shape index (κ2) is 5.40. The number of benzene rings is 1. The van der Waals surface area contributed by atoms with Crippen LogP contribution < -0.4 is 11.1 Å². The van der Waals surface area contributed by atoms with Gasteiger partial charge < -0.3 is 15.8 Å². The summed E-state index contributed by atoms with van der Waals surface area (Å²) in [6.07, 6.45) is 1.61. The zero-order chi connectivity index (χ0) is 13.1. The highest BCUT2D eigenvalue weighted by Crippen LogP contribution is 2.22. The zero-order valence-electron chi connectivity index (χ0n) is 10.8. The first-order valence-corrected chi connectivity index (χ1v) is 6.38. The van der Waals surface area contributed by atoms with Crippen molar-refractivity contribution in [2.24, 2.45) is 0 Å². The van der Waals surface area contributed by atoms with Gasteiger partial charge >= 0.3 is 0 Å². The third-order valence-electron chi connectivity index (χ3n) is 3.35. The van der Waals surface area contributed by atoms with Crippen molar-refractivity contribution in [3.8, 4) is 0 Å². The van der Waals surface area contributed by atoms with E-state index in [0.717, 1.165) is 18.4 Å². The molecule has 0 aromatic heterocycles. The van der Waals surface area contributed by atoms with Crippen LogP contribution in [-0.2, 0) is 9.53 Å². The molecule has 0 aliphatic carbocycles. The molecule has 1 saturated heterocycles. The van der Waals surface area contributed by atoms with Gasteiger partial charge in [-0.15, -0.1) is 0 Å². The molecule has 1 aliphatic rings. The number of hydrogen-bond acceptors (Lipinski definition) is 3. The third-order valence-corrected chi connectivity index (χ3v) is 3.35. The topological polar surface area (TPSA) is 64.4 Å². The number of para-hydroxylation sites is 1. The molecule has 1 aromatic rings. The highest BCUT2D eigenvalue weighted by molar-refractivity contribution is 5.81. The molecule has 4 heteroatoms. The summed E-state index contributed by atoms with van der Waals surface area (Å²) >= 11 is 0. The first-order chi connectivity index (χ1) is 8.58. The van der Waals surface area contributed by atoms with E-state index in [1.165, 1.54) is 0 Å². The van der Waals surface area contributed by atoms with Crippen molar-refractivity contribution in [2.45, 2.75) is 44.9 Å². The number of carbonyl (C=O) groups is 1. The Balaban J connectivity index is 1.97. The van der Waals surface area contributed by atoms with Crippen LogP contribution in [0.2, 0.25) is 0 Å². The molecule has 1 aromatic carbocycles. The predicted molar refractivity (Wildman–Crippen MR) is 71.0 cm³/mol. The monoisotopic (exact) mass is 248 g/mol. The van der Waals surface area contributed by atoms with Crippen LogP contribution in [0.5, 0.6) is 0 Å². The lowest BCUT2D eigenvalue weighted by atomic mass is 10.1. The van der Waals surface area contributed by atoms with E-state index in [1.807, 2.05) is 38.1 Å². The first-order valence-electron chi connectivity index (χ1n) is 6.38. The summed E-state index contributed by atoms with van der Waals surface area (Å²) in [6.45, 7) is 3.92. The number of amides is 1. The molecule has 3 N–H and O–H groups in total. The fraction of sp³-hybridized carbons (Fsp3) is 0.500. The van der Waals surface area contributed by atoms with Crippen molar-refractivity contribution in [2.75, 3.05) is 5.73 Å². The number of nitrogens with one attached hydrogen (secondary N) is 1. The van der Waals surface area contributed by atoms with Gasteiger partial charge in [-0.25, -0.2) is 0 Å².